The molecule has 1 aromatic heterocycles. The fraction of sp³-hybridized carbons (Fsp3) is 0.500. The number of hydrogen-bond donors (Lipinski definition) is 1. The summed E-state index contributed by atoms with van der Waals surface area (Å²) in [4.78, 5) is 25.6. The number of aromatic nitrogens is 2. The third kappa shape index (κ3) is 4.56. The summed E-state index contributed by atoms with van der Waals surface area (Å²) in [7, 11) is -2.89. The summed E-state index contributed by atoms with van der Waals surface area (Å²) in [5.41, 5.74) is 2.80. The monoisotopic (exact) mass is 459 g/mol. The molecule has 1 unspecified atom stereocenters. The molecular weight excluding hydrogens is 428 g/mol. The highest BCUT2D eigenvalue weighted by molar-refractivity contribution is 7.88. The van der Waals surface area contributed by atoms with E-state index in [1.165, 1.54) is 6.26 Å². The van der Waals surface area contributed by atoms with Crippen LogP contribution in [0.2, 0.25) is 0 Å². The number of piperazine rings is 1. The Labute approximate surface area is 189 Å². The van der Waals surface area contributed by atoms with Crippen LogP contribution in [-0.2, 0) is 21.2 Å². The van der Waals surface area contributed by atoms with Crippen LogP contribution in [-0.4, -0.2) is 67.1 Å². The summed E-state index contributed by atoms with van der Waals surface area (Å²) >= 11 is 0. The van der Waals surface area contributed by atoms with E-state index >= 15 is 0 Å². The molecule has 2 N–H and O–H groups in total. The molecule has 1 aromatic carbocycles. The first-order valence-electron chi connectivity index (χ1n) is 11.1. The van der Waals surface area contributed by atoms with E-state index in [1.807, 2.05) is 29.2 Å². The van der Waals surface area contributed by atoms with Crippen LogP contribution in [0.4, 0.5) is 23.1 Å². The van der Waals surface area contributed by atoms with Gasteiger partial charge < -0.3 is 10.2 Å². The molecule has 3 heterocycles. The molecule has 1 atom stereocenters. The molecule has 1 saturated heterocycles. The van der Waals surface area contributed by atoms with Crippen molar-refractivity contribution in [1.29, 1.82) is 0 Å². The molecule has 172 valence electrons. The van der Waals surface area contributed by atoms with E-state index in [2.05, 4.69) is 34.0 Å². The second-order valence-electron chi connectivity index (χ2n) is 8.30. The van der Waals surface area contributed by atoms with Crippen LogP contribution < -0.4 is 15.1 Å². The largest absolute Gasteiger partial charge is 0.369 e. The highest BCUT2D eigenvalue weighted by atomic mass is 32.2. The first-order chi connectivity index (χ1) is 15.3. The second-order valence-corrected chi connectivity index (χ2v) is 10.3. The van der Waals surface area contributed by atoms with Gasteiger partial charge in [0.05, 0.1) is 6.42 Å². The van der Waals surface area contributed by atoms with Crippen LogP contribution in [0.25, 0.3) is 0 Å². The number of benzene rings is 1. The van der Waals surface area contributed by atoms with E-state index < -0.39 is 10.0 Å². The Morgan fingerprint density at radius 1 is 1.12 bits per heavy atom. The predicted octanol–water partition coefficient (Wildman–Crippen LogP) is 2.54. The molecule has 1 fully saturated rings. The van der Waals surface area contributed by atoms with Crippen LogP contribution in [0.15, 0.2) is 30.5 Å². The number of carbonyl (C=O) groups is 1. The number of carbonyl (C=O) groups excluding carboxylic acids is 1. The van der Waals surface area contributed by atoms with Crippen LogP contribution >= 0.6 is 0 Å². The number of fused-ring (bicyclic) bond motifs is 1. The van der Waals surface area contributed by atoms with Gasteiger partial charge in [-0.05, 0) is 37.1 Å². The zero-order valence-electron chi connectivity index (χ0n) is 18.8. The number of nitrogens with one attached hydrogen (secondary N) is 1. The molecule has 2 aromatic rings. The quantitative estimate of drug-likeness (QED) is 0.638. The average Bonchev–Trinajstić information content (AvgIpc) is 3.10. The maximum absolute atomic E-state index is 12.5. The van der Waals surface area contributed by atoms with Gasteiger partial charge in [-0.2, -0.15) is 13.5 Å². The van der Waals surface area contributed by atoms with Gasteiger partial charge in [0, 0.05) is 55.4 Å². The molecule has 10 heteroatoms. The standard InChI is InChI=1S/C22H30N6O3S/c1-4-18(5-2)28-20(29)14-16-15-23-22(25-21(16)28)24-17-6-8-19(9-7-17)26-10-12-27(13-11-26)32(3,30)31/h6-9,15,18H,4-5,10-14H2,1-3H3,(H,23,24,25)/p+1. The van der Waals surface area contributed by atoms with Gasteiger partial charge >= 0.3 is 10.0 Å². The average molecular weight is 460 g/mol. The van der Waals surface area contributed by atoms with E-state index in [1.54, 1.807) is 10.5 Å². The van der Waals surface area contributed by atoms with E-state index in [-0.39, 0.29) is 11.9 Å². The maximum atomic E-state index is 12.5. The minimum absolute atomic E-state index is 0.0877. The number of amides is 1. The molecule has 4 rings (SSSR count). The van der Waals surface area contributed by atoms with Crippen molar-refractivity contribution in [2.45, 2.75) is 39.2 Å². The fourth-order valence-electron chi connectivity index (χ4n) is 4.36. The van der Waals surface area contributed by atoms with Crippen molar-refractivity contribution in [2.24, 2.45) is 0 Å². The zero-order chi connectivity index (χ0) is 22.9. The van der Waals surface area contributed by atoms with Gasteiger partial charge in [0.2, 0.25) is 11.9 Å². The third-order valence-electron chi connectivity index (χ3n) is 6.19. The minimum atomic E-state index is -2.89. The van der Waals surface area contributed by atoms with Crippen LogP contribution in [0.1, 0.15) is 32.3 Å². The molecule has 1 amide bonds. The van der Waals surface area contributed by atoms with E-state index in [0.717, 1.165) is 29.8 Å². The summed E-state index contributed by atoms with van der Waals surface area (Å²) < 4.78 is 23.1. The summed E-state index contributed by atoms with van der Waals surface area (Å²) in [6, 6.07) is 8.13. The van der Waals surface area contributed by atoms with Gasteiger partial charge in [0.1, 0.15) is 12.1 Å². The molecule has 0 aliphatic carbocycles. The highest BCUT2D eigenvalue weighted by Crippen LogP contribution is 2.31. The molecule has 32 heavy (non-hydrogen) atoms. The molecule has 2 aliphatic rings. The topological polar surface area (TPSA) is 103 Å². The molecule has 0 spiro atoms. The Morgan fingerprint density at radius 2 is 1.78 bits per heavy atom. The Balaban J connectivity index is 1.44. The molecule has 0 radical (unpaired) electrons. The van der Waals surface area contributed by atoms with Gasteiger partial charge in [-0.3, -0.25) is 9.69 Å². The maximum Gasteiger partial charge on any atom is 0.342 e. The number of anilines is 4. The predicted molar refractivity (Wildman–Crippen MR) is 127 cm³/mol. The third-order valence-corrected chi connectivity index (χ3v) is 7.52. The van der Waals surface area contributed by atoms with Gasteiger partial charge in [0.25, 0.3) is 0 Å². The van der Waals surface area contributed by atoms with E-state index in [4.69, 9.17) is 0 Å². The van der Waals surface area contributed by atoms with Gasteiger partial charge in [0.15, 0.2) is 0 Å². The Bertz CT molecular complexity index is 1080. The number of rotatable bonds is 7. The van der Waals surface area contributed by atoms with Crippen LogP contribution in [0, 0.1) is 0 Å². The minimum Gasteiger partial charge on any atom is -0.369 e. The van der Waals surface area contributed by atoms with Crippen molar-refractivity contribution in [3.8, 4) is 0 Å². The first-order valence-corrected chi connectivity index (χ1v) is 12.9. The zero-order valence-corrected chi connectivity index (χ0v) is 19.6. The van der Waals surface area contributed by atoms with E-state index in [0.29, 0.717) is 44.4 Å². The molecule has 0 bridgehead atoms. The SMILES string of the molecule is CCC(CC)N1C(=O)Cc2cnc(Nc3ccc(N4CCN(S(C)(=O)=[OH+])CC4)cc3)nc21. The lowest BCUT2D eigenvalue weighted by Crippen LogP contribution is -2.48. The lowest BCUT2D eigenvalue weighted by molar-refractivity contribution is -0.117. The second kappa shape index (κ2) is 9.03. The molecular formula is C22H31N6O3S+. The molecule has 2 aliphatic heterocycles. The van der Waals surface area contributed by atoms with Crippen molar-refractivity contribution >= 4 is 39.1 Å². The fourth-order valence-corrected chi connectivity index (χ4v) is 5.20. The Morgan fingerprint density at radius 3 is 2.38 bits per heavy atom. The summed E-state index contributed by atoms with van der Waals surface area (Å²) in [6.45, 7) is 6.69. The first kappa shape index (κ1) is 22.5. The molecule has 0 saturated carbocycles. The van der Waals surface area contributed by atoms with Gasteiger partial charge in [-0.15, -0.1) is 0 Å². The Kier molecular flexibility index (Phi) is 6.34. The van der Waals surface area contributed by atoms with Crippen molar-refractivity contribution in [3.63, 3.8) is 0 Å². The summed E-state index contributed by atoms with van der Waals surface area (Å²) in [5.74, 6) is 1.27. The smallest absolute Gasteiger partial charge is 0.342 e. The molecule has 9 nitrogen and oxygen atoms in total. The van der Waals surface area contributed by atoms with Gasteiger partial charge in [-0.25, -0.2) is 9.19 Å². The van der Waals surface area contributed by atoms with Crippen LogP contribution in [0.5, 0.6) is 0 Å². The highest BCUT2D eigenvalue weighted by Gasteiger charge is 2.33. The van der Waals surface area contributed by atoms with Crippen molar-refractivity contribution < 1.29 is 13.2 Å². The van der Waals surface area contributed by atoms with Crippen molar-refractivity contribution in [2.75, 3.05) is 47.6 Å². The van der Waals surface area contributed by atoms with Crippen LogP contribution in [0.3, 0.4) is 0 Å². The summed E-state index contributed by atoms with van der Waals surface area (Å²) in [6.07, 6.45) is 5.24. The lowest BCUT2D eigenvalue weighted by Gasteiger charge is -2.33. The van der Waals surface area contributed by atoms with Gasteiger partial charge in [-0.1, -0.05) is 13.8 Å². The number of nitrogens with zero attached hydrogens (tertiary/aromatic N) is 5. The lowest BCUT2D eigenvalue weighted by atomic mass is 10.1. The summed E-state index contributed by atoms with van der Waals surface area (Å²) in [5, 5.41) is 3.24. The van der Waals surface area contributed by atoms with Crippen molar-refractivity contribution in [3.05, 3.63) is 36.0 Å². The normalized spacial score (nSPS) is 18.7. The van der Waals surface area contributed by atoms with E-state index in [9.17, 15) is 13.2 Å². The number of hydrogen-bond acceptors (Lipinski definition) is 6. The Hall–Kier alpha value is -2.72. The van der Waals surface area contributed by atoms with Crippen molar-refractivity contribution in [1.82, 2.24) is 14.3 Å².